The summed E-state index contributed by atoms with van der Waals surface area (Å²) in [6.45, 7) is 8.97. The maximum absolute atomic E-state index is 11.4. The second kappa shape index (κ2) is 4.88. The molecule has 1 N–H and O–H groups in total. The van der Waals surface area contributed by atoms with Crippen molar-refractivity contribution in [1.29, 1.82) is 0 Å². The van der Waals surface area contributed by atoms with E-state index >= 15 is 0 Å². The maximum Gasteiger partial charge on any atom is 0.428 e. The molecule has 0 aromatic carbocycles. The van der Waals surface area contributed by atoms with Crippen LogP contribution in [0.3, 0.4) is 0 Å². The van der Waals surface area contributed by atoms with Gasteiger partial charge in [0.25, 0.3) is 0 Å². The summed E-state index contributed by atoms with van der Waals surface area (Å²) < 4.78 is 5.13. The Hall–Kier alpha value is -1.10. The fraction of sp³-hybridized carbons (Fsp3) is 0.846. The largest absolute Gasteiger partial charge is 0.443 e. The quantitative estimate of drug-likeness (QED) is 0.605. The molecule has 5 nitrogen and oxygen atoms in total. The van der Waals surface area contributed by atoms with Gasteiger partial charge in [-0.05, 0) is 59.7 Å². The number of hydrazone groups is 1. The summed E-state index contributed by atoms with van der Waals surface area (Å²) in [5, 5.41) is 4.08. The van der Waals surface area contributed by atoms with Crippen LogP contribution in [0.1, 0.15) is 40.0 Å². The van der Waals surface area contributed by atoms with Crippen molar-refractivity contribution in [2.75, 3.05) is 19.6 Å². The molecule has 18 heavy (non-hydrogen) atoms. The van der Waals surface area contributed by atoms with Crippen molar-refractivity contribution in [3.05, 3.63) is 0 Å². The standard InChI is InChI=1S/C13H23N3O2/c1-12(2,3)18-11(17)15-14-10-13-4-7-16(8-5-13)9-6-13/h10H,4-9H2,1-3H3,(H,15,17). The molecule has 5 heteroatoms. The molecule has 0 saturated carbocycles. The van der Waals surface area contributed by atoms with Gasteiger partial charge in [-0.2, -0.15) is 5.10 Å². The second-order valence-corrected chi connectivity index (χ2v) is 6.33. The molecule has 3 aliphatic rings. The van der Waals surface area contributed by atoms with Crippen LogP contribution in [-0.2, 0) is 4.74 Å². The van der Waals surface area contributed by atoms with Gasteiger partial charge in [0.2, 0.25) is 0 Å². The second-order valence-electron chi connectivity index (χ2n) is 6.33. The molecule has 0 radical (unpaired) electrons. The maximum atomic E-state index is 11.4. The van der Waals surface area contributed by atoms with E-state index in [1.165, 1.54) is 0 Å². The highest BCUT2D eigenvalue weighted by atomic mass is 16.6. The fourth-order valence-electron chi connectivity index (χ4n) is 2.57. The zero-order valence-corrected chi connectivity index (χ0v) is 11.5. The smallest absolute Gasteiger partial charge is 0.428 e. The first-order valence-electron chi connectivity index (χ1n) is 6.64. The molecule has 3 rings (SSSR count). The minimum absolute atomic E-state index is 0.198. The van der Waals surface area contributed by atoms with Crippen LogP contribution in [0, 0.1) is 5.41 Å². The number of nitrogens with one attached hydrogen (secondary N) is 1. The molecular weight excluding hydrogens is 230 g/mol. The minimum Gasteiger partial charge on any atom is -0.443 e. The van der Waals surface area contributed by atoms with Gasteiger partial charge in [0, 0.05) is 11.6 Å². The Balaban J connectivity index is 1.82. The van der Waals surface area contributed by atoms with Crippen LogP contribution in [0.25, 0.3) is 0 Å². The highest BCUT2D eigenvalue weighted by Crippen LogP contribution is 2.38. The summed E-state index contributed by atoms with van der Waals surface area (Å²) >= 11 is 0. The van der Waals surface area contributed by atoms with Crippen LogP contribution < -0.4 is 5.43 Å². The van der Waals surface area contributed by atoms with Crippen LogP contribution in [0.4, 0.5) is 4.79 Å². The van der Waals surface area contributed by atoms with E-state index < -0.39 is 11.7 Å². The van der Waals surface area contributed by atoms with Gasteiger partial charge in [-0.25, -0.2) is 10.2 Å². The molecule has 2 bridgehead atoms. The van der Waals surface area contributed by atoms with E-state index in [2.05, 4.69) is 15.4 Å². The van der Waals surface area contributed by atoms with Crippen molar-refractivity contribution in [3.8, 4) is 0 Å². The van der Waals surface area contributed by atoms with Crippen LogP contribution in [-0.4, -0.2) is 42.4 Å². The van der Waals surface area contributed by atoms with Crippen LogP contribution in [0.5, 0.6) is 0 Å². The Labute approximate surface area is 109 Å². The SMILES string of the molecule is CC(C)(C)OC(=O)NN=CC12CCN(CC1)CC2. The number of carbonyl (C=O) groups excluding carboxylic acids is 1. The number of hydrogen-bond acceptors (Lipinski definition) is 4. The molecule has 3 heterocycles. The van der Waals surface area contributed by atoms with Gasteiger partial charge in [-0.15, -0.1) is 0 Å². The van der Waals surface area contributed by atoms with E-state index in [4.69, 9.17) is 4.74 Å². The average Bonchev–Trinajstić information content (AvgIpc) is 2.28. The Morgan fingerprint density at radius 3 is 2.33 bits per heavy atom. The molecule has 0 aliphatic carbocycles. The monoisotopic (exact) mass is 253 g/mol. The summed E-state index contributed by atoms with van der Waals surface area (Å²) in [5.41, 5.74) is 2.18. The number of piperidine rings is 3. The third-order valence-corrected chi connectivity index (χ3v) is 3.67. The lowest BCUT2D eigenvalue weighted by molar-refractivity contribution is 0.0525. The van der Waals surface area contributed by atoms with Crippen molar-refractivity contribution in [3.63, 3.8) is 0 Å². The molecule has 0 aromatic rings. The van der Waals surface area contributed by atoms with Gasteiger partial charge < -0.3 is 9.64 Å². The van der Waals surface area contributed by atoms with Crippen LogP contribution in [0.2, 0.25) is 0 Å². The zero-order chi connectivity index (χ0) is 13.2. The Morgan fingerprint density at radius 1 is 1.28 bits per heavy atom. The third-order valence-electron chi connectivity index (χ3n) is 3.67. The first-order valence-corrected chi connectivity index (χ1v) is 6.64. The van der Waals surface area contributed by atoms with Gasteiger partial charge in [0.05, 0.1) is 0 Å². The van der Waals surface area contributed by atoms with Gasteiger partial charge in [-0.1, -0.05) is 0 Å². The van der Waals surface area contributed by atoms with Gasteiger partial charge in [0.15, 0.2) is 0 Å². The fourth-order valence-corrected chi connectivity index (χ4v) is 2.57. The molecule has 0 atom stereocenters. The molecule has 0 spiro atoms. The summed E-state index contributed by atoms with van der Waals surface area (Å²) in [4.78, 5) is 13.9. The topological polar surface area (TPSA) is 53.9 Å². The number of rotatable bonds is 2. The van der Waals surface area contributed by atoms with E-state index in [0.29, 0.717) is 0 Å². The van der Waals surface area contributed by atoms with Crippen molar-refractivity contribution in [2.45, 2.75) is 45.6 Å². The first-order chi connectivity index (χ1) is 8.39. The van der Waals surface area contributed by atoms with E-state index in [1.54, 1.807) is 0 Å². The number of ether oxygens (including phenoxy) is 1. The number of amides is 1. The minimum atomic E-state index is -0.483. The highest BCUT2D eigenvalue weighted by molar-refractivity contribution is 5.71. The molecule has 0 unspecified atom stereocenters. The average molecular weight is 253 g/mol. The number of fused-ring (bicyclic) bond motifs is 3. The highest BCUT2D eigenvalue weighted by Gasteiger charge is 2.38. The molecule has 3 fully saturated rings. The predicted molar refractivity (Wildman–Crippen MR) is 70.6 cm³/mol. The third kappa shape index (κ3) is 3.45. The normalized spacial score (nSPS) is 31.6. The van der Waals surface area contributed by atoms with Gasteiger partial charge in [0.1, 0.15) is 5.60 Å². The van der Waals surface area contributed by atoms with Crippen molar-refractivity contribution in [1.82, 2.24) is 10.3 Å². The van der Waals surface area contributed by atoms with Gasteiger partial charge >= 0.3 is 6.09 Å². The Kier molecular flexibility index (Phi) is 3.61. The molecule has 0 aromatic heterocycles. The predicted octanol–water partition coefficient (Wildman–Crippen LogP) is 1.98. The number of carbonyl (C=O) groups is 1. The number of hydrogen-bond donors (Lipinski definition) is 1. The lowest BCUT2D eigenvalue weighted by Crippen LogP contribution is -2.49. The lowest BCUT2D eigenvalue weighted by atomic mass is 9.73. The zero-order valence-electron chi connectivity index (χ0n) is 11.5. The molecule has 1 amide bonds. The van der Waals surface area contributed by atoms with Crippen molar-refractivity contribution < 1.29 is 9.53 Å². The first kappa shape index (κ1) is 13.3. The Bertz CT molecular complexity index is 325. The summed E-state index contributed by atoms with van der Waals surface area (Å²) in [5.74, 6) is 0. The number of nitrogens with zero attached hydrogens (tertiary/aromatic N) is 2. The molecule has 3 saturated heterocycles. The summed E-state index contributed by atoms with van der Waals surface area (Å²) in [6, 6.07) is 0. The van der Waals surface area contributed by atoms with Crippen molar-refractivity contribution >= 4 is 12.3 Å². The lowest BCUT2D eigenvalue weighted by Gasteiger charge is -2.46. The van der Waals surface area contributed by atoms with E-state index in [9.17, 15) is 4.79 Å². The summed E-state index contributed by atoms with van der Waals surface area (Å²) in [7, 11) is 0. The van der Waals surface area contributed by atoms with E-state index in [-0.39, 0.29) is 5.41 Å². The van der Waals surface area contributed by atoms with Gasteiger partial charge in [-0.3, -0.25) is 0 Å². The van der Waals surface area contributed by atoms with E-state index in [0.717, 1.165) is 38.9 Å². The van der Waals surface area contributed by atoms with Crippen LogP contribution >= 0.6 is 0 Å². The molecule has 102 valence electrons. The van der Waals surface area contributed by atoms with Crippen LogP contribution in [0.15, 0.2) is 5.10 Å². The molecule has 3 aliphatic heterocycles. The Morgan fingerprint density at radius 2 is 1.83 bits per heavy atom. The molecular formula is C13H23N3O2. The van der Waals surface area contributed by atoms with E-state index in [1.807, 2.05) is 27.0 Å². The summed E-state index contributed by atoms with van der Waals surface area (Å²) in [6.07, 6.45) is 4.88. The van der Waals surface area contributed by atoms with Crippen molar-refractivity contribution in [2.24, 2.45) is 10.5 Å².